The number of anilines is 1. The highest BCUT2D eigenvalue weighted by Gasteiger charge is 2.33. The summed E-state index contributed by atoms with van der Waals surface area (Å²) in [5.74, 6) is -0.511. The SMILES string of the molecule is CN(CC(=O)Nc1ccccc1C(F)(F)F)Cc1ccc(Cl)cc1. The lowest BCUT2D eigenvalue weighted by molar-refractivity contribution is -0.137. The second kappa shape index (κ2) is 7.68. The van der Waals surface area contributed by atoms with E-state index in [9.17, 15) is 18.0 Å². The number of hydrogen-bond acceptors (Lipinski definition) is 2. The summed E-state index contributed by atoms with van der Waals surface area (Å²) >= 11 is 5.80. The minimum absolute atomic E-state index is 0.0329. The molecule has 7 heteroatoms. The third kappa shape index (κ3) is 5.25. The number of para-hydroxylation sites is 1. The van der Waals surface area contributed by atoms with Crippen LogP contribution in [0.4, 0.5) is 18.9 Å². The minimum atomic E-state index is -4.51. The first kappa shape index (κ1) is 18.3. The van der Waals surface area contributed by atoms with Crippen LogP contribution in [0.25, 0.3) is 0 Å². The van der Waals surface area contributed by atoms with E-state index in [0.29, 0.717) is 11.6 Å². The summed E-state index contributed by atoms with van der Waals surface area (Å²) in [6.07, 6.45) is -4.51. The van der Waals surface area contributed by atoms with E-state index >= 15 is 0 Å². The molecular weight excluding hydrogens is 341 g/mol. The van der Waals surface area contributed by atoms with Gasteiger partial charge in [0.15, 0.2) is 0 Å². The molecule has 0 fully saturated rings. The molecule has 0 unspecified atom stereocenters. The van der Waals surface area contributed by atoms with Crippen LogP contribution in [0.3, 0.4) is 0 Å². The number of nitrogens with one attached hydrogen (secondary N) is 1. The maximum Gasteiger partial charge on any atom is 0.418 e. The van der Waals surface area contributed by atoms with Crippen molar-refractivity contribution in [2.75, 3.05) is 18.9 Å². The summed E-state index contributed by atoms with van der Waals surface area (Å²) in [5, 5.41) is 2.93. The van der Waals surface area contributed by atoms with Crippen molar-refractivity contribution in [1.29, 1.82) is 0 Å². The van der Waals surface area contributed by atoms with E-state index in [1.807, 2.05) is 12.1 Å². The summed E-state index contributed by atoms with van der Waals surface area (Å²) in [5.41, 5.74) is -0.154. The Bertz CT molecular complexity index is 702. The van der Waals surface area contributed by atoms with Crippen molar-refractivity contribution in [2.45, 2.75) is 12.7 Å². The fraction of sp³-hybridized carbons (Fsp3) is 0.235. The normalized spacial score (nSPS) is 11.6. The van der Waals surface area contributed by atoms with E-state index in [-0.39, 0.29) is 12.2 Å². The van der Waals surface area contributed by atoms with Crippen LogP contribution in [0.1, 0.15) is 11.1 Å². The number of amides is 1. The van der Waals surface area contributed by atoms with Gasteiger partial charge in [0.25, 0.3) is 0 Å². The fourth-order valence-electron chi connectivity index (χ4n) is 2.23. The van der Waals surface area contributed by atoms with E-state index in [1.165, 1.54) is 18.2 Å². The highest BCUT2D eigenvalue weighted by molar-refractivity contribution is 6.30. The van der Waals surface area contributed by atoms with Crippen molar-refractivity contribution in [2.24, 2.45) is 0 Å². The van der Waals surface area contributed by atoms with E-state index < -0.39 is 17.6 Å². The smallest absolute Gasteiger partial charge is 0.324 e. The van der Waals surface area contributed by atoms with Gasteiger partial charge in [-0.3, -0.25) is 9.69 Å². The van der Waals surface area contributed by atoms with Crippen molar-refractivity contribution >= 4 is 23.2 Å². The van der Waals surface area contributed by atoms with Crippen LogP contribution < -0.4 is 5.32 Å². The summed E-state index contributed by atoms with van der Waals surface area (Å²) < 4.78 is 38.7. The predicted octanol–water partition coefficient (Wildman–Crippen LogP) is 4.43. The topological polar surface area (TPSA) is 32.3 Å². The number of rotatable bonds is 5. The number of alkyl halides is 3. The highest BCUT2D eigenvalue weighted by atomic mass is 35.5. The summed E-state index contributed by atoms with van der Waals surface area (Å²) in [4.78, 5) is 13.7. The Morgan fingerprint density at radius 1 is 1.12 bits per heavy atom. The van der Waals surface area contributed by atoms with Gasteiger partial charge in [-0.15, -0.1) is 0 Å². The van der Waals surface area contributed by atoms with Gasteiger partial charge in [-0.25, -0.2) is 0 Å². The highest BCUT2D eigenvalue weighted by Crippen LogP contribution is 2.34. The molecule has 0 saturated carbocycles. The van der Waals surface area contributed by atoms with E-state index in [0.717, 1.165) is 11.6 Å². The van der Waals surface area contributed by atoms with Gasteiger partial charge in [-0.1, -0.05) is 35.9 Å². The van der Waals surface area contributed by atoms with Crippen molar-refractivity contribution in [1.82, 2.24) is 4.90 Å². The monoisotopic (exact) mass is 356 g/mol. The average molecular weight is 357 g/mol. The standard InChI is InChI=1S/C17H16ClF3N2O/c1-23(10-12-6-8-13(18)9-7-12)11-16(24)22-15-5-3-2-4-14(15)17(19,20)21/h2-9H,10-11H2,1H3,(H,22,24). The molecule has 2 rings (SSSR count). The maximum atomic E-state index is 12.9. The van der Waals surface area contributed by atoms with Crippen LogP contribution in [0.2, 0.25) is 5.02 Å². The third-order valence-corrected chi connectivity index (χ3v) is 3.54. The number of halogens is 4. The van der Waals surface area contributed by atoms with Gasteiger partial charge in [0.1, 0.15) is 0 Å². The number of nitrogens with zero attached hydrogens (tertiary/aromatic N) is 1. The van der Waals surface area contributed by atoms with Crippen LogP contribution in [-0.2, 0) is 17.5 Å². The molecule has 0 aliphatic heterocycles. The van der Waals surface area contributed by atoms with Gasteiger partial charge in [0.05, 0.1) is 17.8 Å². The zero-order valence-corrected chi connectivity index (χ0v) is 13.7. The number of carbonyl (C=O) groups excluding carboxylic acids is 1. The van der Waals surface area contributed by atoms with Crippen molar-refractivity contribution < 1.29 is 18.0 Å². The van der Waals surface area contributed by atoms with Crippen molar-refractivity contribution in [3.05, 3.63) is 64.7 Å². The molecule has 128 valence electrons. The van der Waals surface area contributed by atoms with Gasteiger partial charge in [-0.05, 0) is 36.9 Å². The first-order valence-electron chi connectivity index (χ1n) is 7.15. The first-order chi connectivity index (χ1) is 11.3. The first-order valence-corrected chi connectivity index (χ1v) is 7.52. The molecule has 0 heterocycles. The van der Waals surface area contributed by atoms with Crippen LogP contribution in [0, 0.1) is 0 Å². The number of carbonyl (C=O) groups is 1. The Morgan fingerprint density at radius 3 is 2.38 bits per heavy atom. The summed E-state index contributed by atoms with van der Waals surface area (Å²) in [6.45, 7) is 0.445. The lowest BCUT2D eigenvalue weighted by Gasteiger charge is -2.18. The van der Waals surface area contributed by atoms with E-state index in [2.05, 4.69) is 5.32 Å². The molecule has 0 radical (unpaired) electrons. The molecule has 0 bridgehead atoms. The lowest BCUT2D eigenvalue weighted by Crippen LogP contribution is -2.30. The number of hydrogen-bond donors (Lipinski definition) is 1. The molecule has 3 nitrogen and oxygen atoms in total. The van der Waals surface area contributed by atoms with Gasteiger partial charge < -0.3 is 5.32 Å². The fourth-order valence-corrected chi connectivity index (χ4v) is 2.36. The minimum Gasteiger partial charge on any atom is -0.324 e. The Morgan fingerprint density at radius 2 is 1.75 bits per heavy atom. The van der Waals surface area contributed by atoms with Gasteiger partial charge in [0, 0.05) is 11.6 Å². The van der Waals surface area contributed by atoms with Gasteiger partial charge in [0.2, 0.25) is 5.91 Å². The zero-order chi connectivity index (χ0) is 17.7. The third-order valence-electron chi connectivity index (χ3n) is 3.29. The zero-order valence-electron chi connectivity index (χ0n) is 12.9. The van der Waals surface area contributed by atoms with Crippen molar-refractivity contribution in [3.8, 4) is 0 Å². The Labute approximate surface area is 143 Å². The Hall–Kier alpha value is -2.05. The molecule has 0 spiro atoms. The molecule has 0 aliphatic carbocycles. The molecule has 1 amide bonds. The average Bonchev–Trinajstić information content (AvgIpc) is 2.49. The van der Waals surface area contributed by atoms with E-state index in [4.69, 9.17) is 11.6 Å². The molecule has 24 heavy (non-hydrogen) atoms. The lowest BCUT2D eigenvalue weighted by atomic mass is 10.1. The molecule has 0 atom stereocenters. The molecule has 0 aromatic heterocycles. The van der Waals surface area contributed by atoms with Gasteiger partial charge in [-0.2, -0.15) is 13.2 Å². The van der Waals surface area contributed by atoms with E-state index in [1.54, 1.807) is 24.1 Å². The van der Waals surface area contributed by atoms with Gasteiger partial charge >= 0.3 is 6.18 Å². The molecule has 2 aromatic rings. The molecule has 2 aromatic carbocycles. The second-order valence-corrected chi connectivity index (χ2v) is 5.83. The number of likely N-dealkylation sites (N-methyl/N-ethyl adjacent to an activating group) is 1. The maximum absolute atomic E-state index is 12.9. The quantitative estimate of drug-likeness (QED) is 0.859. The van der Waals surface area contributed by atoms with Crippen molar-refractivity contribution in [3.63, 3.8) is 0 Å². The molecule has 1 N–H and O–H groups in total. The second-order valence-electron chi connectivity index (χ2n) is 5.39. The Kier molecular flexibility index (Phi) is 5.85. The van der Waals surface area contributed by atoms with Crippen LogP contribution >= 0.6 is 11.6 Å². The number of benzene rings is 2. The van der Waals surface area contributed by atoms with Crippen LogP contribution in [-0.4, -0.2) is 24.4 Å². The molecule has 0 saturated heterocycles. The van der Waals surface area contributed by atoms with Crippen LogP contribution in [0.5, 0.6) is 0 Å². The summed E-state index contributed by atoms with van der Waals surface area (Å²) in [6, 6.07) is 12.0. The Balaban J connectivity index is 1.97. The largest absolute Gasteiger partial charge is 0.418 e. The summed E-state index contributed by atoms with van der Waals surface area (Å²) in [7, 11) is 1.71. The molecular formula is C17H16ClF3N2O. The van der Waals surface area contributed by atoms with Crippen LogP contribution in [0.15, 0.2) is 48.5 Å². The molecule has 0 aliphatic rings. The predicted molar refractivity (Wildman–Crippen MR) is 87.9 cm³/mol.